The molecule has 29 heavy (non-hydrogen) atoms. The number of halogens is 1. The number of nitrogens with zero attached hydrogens (tertiary/aromatic N) is 2. The van der Waals surface area contributed by atoms with E-state index >= 15 is 0 Å². The second-order valence-corrected chi connectivity index (χ2v) is 8.62. The molecule has 4 atom stereocenters. The Hall–Kier alpha value is -2.70. The van der Waals surface area contributed by atoms with Crippen molar-refractivity contribution in [1.29, 1.82) is 5.26 Å². The Morgan fingerprint density at radius 3 is 2.52 bits per heavy atom. The zero-order valence-corrected chi connectivity index (χ0v) is 17.6. The molecule has 2 rings (SSSR count). The van der Waals surface area contributed by atoms with Crippen LogP contribution in [0.3, 0.4) is 0 Å². The molecule has 2 amide bonds. The van der Waals surface area contributed by atoms with Gasteiger partial charge in [0.1, 0.15) is 16.1 Å². The maximum absolute atomic E-state index is 12.7. The molecule has 0 bridgehead atoms. The predicted molar refractivity (Wildman–Crippen MR) is 107 cm³/mol. The van der Waals surface area contributed by atoms with E-state index in [2.05, 4.69) is 11.9 Å². The second-order valence-electron chi connectivity index (χ2n) is 6.73. The van der Waals surface area contributed by atoms with Crippen molar-refractivity contribution in [2.75, 3.05) is 0 Å². The van der Waals surface area contributed by atoms with Gasteiger partial charge in [0.25, 0.3) is 5.91 Å². The third-order valence-electron chi connectivity index (χ3n) is 4.17. The van der Waals surface area contributed by atoms with Crippen LogP contribution >= 0.6 is 10.7 Å². The van der Waals surface area contributed by atoms with Crippen molar-refractivity contribution in [2.24, 2.45) is 0 Å². The summed E-state index contributed by atoms with van der Waals surface area (Å²) in [6.45, 7) is 8.54. The number of ether oxygens (including phenoxy) is 1. The van der Waals surface area contributed by atoms with Crippen LogP contribution in [0.25, 0.3) is 0 Å². The third-order valence-corrected chi connectivity index (χ3v) is 5.60. The third kappa shape index (κ3) is 4.66. The van der Waals surface area contributed by atoms with Gasteiger partial charge in [-0.3, -0.25) is 9.59 Å². The summed E-state index contributed by atoms with van der Waals surface area (Å²) >= 11 is 0. The van der Waals surface area contributed by atoms with Gasteiger partial charge in [0.15, 0.2) is 11.4 Å². The Kier molecular flexibility index (Phi) is 7.16. The first-order chi connectivity index (χ1) is 13.6. The van der Waals surface area contributed by atoms with E-state index in [0.29, 0.717) is 5.57 Å². The Labute approximate surface area is 175 Å². The fourth-order valence-electron chi connectivity index (χ4n) is 2.94. The van der Waals surface area contributed by atoms with Crippen molar-refractivity contribution >= 4 is 38.5 Å². The molecule has 8 nitrogen and oxygen atoms in total. The Morgan fingerprint density at radius 2 is 2.00 bits per heavy atom. The van der Waals surface area contributed by atoms with Crippen LogP contribution in [0, 0.1) is 11.3 Å². The van der Waals surface area contributed by atoms with Crippen LogP contribution in [0.5, 0.6) is 0 Å². The first kappa shape index (κ1) is 22.6. The summed E-state index contributed by atoms with van der Waals surface area (Å²) in [5, 5.41) is 10.4. The lowest BCUT2D eigenvalue weighted by Crippen LogP contribution is -2.75. The topological polar surface area (TPSA) is 117 Å². The summed E-state index contributed by atoms with van der Waals surface area (Å²) in [6.07, 6.45) is -0.432. The van der Waals surface area contributed by atoms with Crippen LogP contribution in [0.15, 0.2) is 36.4 Å². The zero-order valence-electron chi connectivity index (χ0n) is 16.0. The first-order valence-electron chi connectivity index (χ1n) is 8.65. The molecule has 0 aromatic heterocycles. The molecule has 1 aromatic rings. The summed E-state index contributed by atoms with van der Waals surface area (Å²) in [6, 6.07) is 5.54. The van der Waals surface area contributed by atoms with Gasteiger partial charge in [-0.1, -0.05) is 18.7 Å². The number of carbonyl (C=O) groups is 3. The molecule has 1 N–H and O–H groups in total. The minimum absolute atomic E-state index is 0.0658. The number of nitriles is 1. The van der Waals surface area contributed by atoms with Crippen LogP contribution in [-0.2, 0) is 24.3 Å². The van der Waals surface area contributed by atoms with Crippen LogP contribution in [0.1, 0.15) is 36.7 Å². The number of likely N-dealkylation sites (tertiary alicyclic amines) is 1. The number of rotatable bonds is 7. The van der Waals surface area contributed by atoms with Crippen molar-refractivity contribution in [3.8, 4) is 6.07 Å². The van der Waals surface area contributed by atoms with Gasteiger partial charge in [0, 0.05) is 0 Å². The highest BCUT2D eigenvalue weighted by molar-refractivity contribution is 8.08. The van der Waals surface area contributed by atoms with Crippen molar-refractivity contribution in [3.05, 3.63) is 47.5 Å². The summed E-state index contributed by atoms with van der Waals surface area (Å²) in [5.74, 6) is -2.07. The summed E-state index contributed by atoms with van der Waals surface area (Å²) in [4.78, 5) is 38.7. The van der Waals surface area contributed by atoms with E-state index in [1.807, 2.05) is 6.07 Å². The van der Waals surface area contributed by atoms with Crippen molar-refractivity contribution < 1.29 is 23.3 Å². The maximum atomic E-state index is 12.7. The Morgan fingerprint density at radius 1 is 1.38 bits per heavy atom. The minimum atomic E-state index is -2.10. The molecule has 0 radical (unpaired) electrons. The molecular formula is C19H20ClN3O5S. The molecule has 0 saturated carbocycles. The van der Waals surface area contributed by atoms with E-state index in [0.717, 1.165) is 4.90 Å². The molecular weight excluding hydrogens is 418 g/mol. The Balaban J connectivity index is 2.28. The van der Waals surface area contributed by atoms with Gasteiger partial charge in [0.05, 0.1) is 23.3 Å². The number of amides is 2. The highest BCUT2D eigenvalue weighted by Gasteiger charge is 2.56. The van der Waals surface area contributed by atoms with Crippen LogP contribution < -0.4 is 5.32 Å². The highest BCUT2D eigenvalue weighted by atomic mass is 35.7. The number of benzene rings is 1. The molecule has 1 aliphatic heterocycles. The van der Waals surface area contributed by atoms with Crippen molar-refractivity contribution in [2.45, 2.75) is 44.3 Å². The zero-order chi connectivity index (χ0) is 21.9. The lowest BCUT2D eigenvalue weighted by atomic mass is 9.98. The Bertz CT molecular complexity index is 927. The second kappa shape index (κ2) is 9.20. The van der Waals surface area contributed by atoms with Gasteiger partial charge in [0.2, 0.25) is 5.91 Å². The highest BCUT2D eigenvalue weighted by Crippen LogP contribution is 2.31. The summed E-state index contributed by atoms with van der Waals surface area (Å²) in [7, 11) is 3.67. The van der Waals surface area contributed by atoms with Crippen LogP contribution in [-0.4, -0.2) is 50.5 Å². The van der Waals surface area contributed by atoms with Crippen molar-refractivity contribution in [1.82, 2.24) is 10.2 Å². The van der Waals surface area contributed by atoms with Crippen LogP contribution in [0.4, 0.5) is 0 Å². The standard InChI is InChI=1S/C19H20ClN3O5S/c1-10(2)15(19(26)28-11(3)4)23-17(25)14(18(23)29(20)27)22-16(24)13-8-6-5-7-12(13)9-21/h5-8,11,14-15,18H,1H2,2-4H3,(H,22,24). The first-order valence-corrected chi connectivity index (χ1v) is 10.7. The average Bonchev–Trinajstić information content (AvgIpc) is 2.64. The fourth-order valence-corrected chi connectivity index (χ4v) is 4.31. The molecule has 1 fully saturated rings. The van der Waals surface area contributed by atoms with Gasteiger partial charge >= 0.3 is 5.97 Å². The SMILES string of the molecule is C=C(C)C(C(=O)OC(C)C)N1C(=O)C(NC(=O)c2ccccc2C#N)C1S(=O)Cl. The number of β-lactam (4-membered cyclic amide) rings is 1. The number of nitrogens with one attached hydrogen (secondary N) is 1. The normalized spacial score (nSPS) is 20.3. The molecule has 1 aliphatic rings. The smallest absolute Gasteiger partial charge is 0.333 e. The maximum Gasteiger partial charge on any atom is 0.333 e. The molecule has 1 aromatic carbocycles. The monoisotopic (exact) mass is 437 g/mol. The molecule has 0 aliphatic carbocycles. The summed E-state index contributed by atoms with van der Waals surface area (Å²) < 4.78 is 17.3. The van der Waals surface area contributed by atoms with E-state index in [9.17, 15) is 18.6 Å². The van der Waals surface area contributed by atoms with Gasteiger partial charge in [-0.25, -0.2) is 9.00 Å². The molecule has 4 unspecified atom stereocenters. The van der Waals surface area contributed by atoms with Gasteiger partial charge in [-0.2, -0.15) is 5.26 Å². The van der Waals surface area contributed by atoms with E-state index in [1.165, 1.54) is 19.1 Å². The van der Waals surface area contributed by atoms with E-state index in [1.54, 1.807) is 26.0 Å². The lowest BCUT2D eigenvalue weighted by Gasteiger charge is -2.48. The van der Waals surface area contributed by atoms with Gasteiger partial charge < -0.3 is 15.0 Å². The largest absolute Gasteiger partial charge is 0.461 e. The van der Waals surface area contributed by atoms with E-state index in [4.69, 9.17) is 20.7 Å². The molecule has 1 saturated heterocycles. The molecule has 0 spiro atoms. The number of esters is 1. The predicted octanol–water partition coefficient (Wildman–Crippen LogP) is 1.62. The molecule has 1 heterocycles. The number of hydrogen-bond acceptors (Lipinski definition) is 6. The van der Waals surface area contributed by atoms with Crippen LogP contribution in [0.2, 0.25) is 0 Å². The molecule has 10 heteroatoms. The quantitative estimate of drug-likeness (QED) is 0.300. The fraction of sp³-hybridized carbons (Fsp3) is 0.368. The molecule has 154 valence electrons. The van der Waals surface area contributed by atoms with Crippen molar-refractivity contribution in [3.63, 3.8) is 0 Å². The number of carbonyl (C=O) groups excluding carboxylic acids is 3. The average molecular weight is 438 g/mol. The van der Waals surface area contributed by atoms with E-state index < -0.39 is 51.4 Å². The minimum Gasteiger partial charge on any atom is -0.461 e. The van der Waals surface area contributed by atoms with E-state index in [-0.39, 0.29) is 11.1 Å². The lowest BCUT2D eigenvalue weighted by molar-refractivity contribution is -0.164. The van der Waals surface area contributed by atoms with Gasteiger partial charge in [-0.15, -0.1) is 0 Å². The summed E-state index contributed by atoms with van der Waals surface area (Å²) in [5.41, 5.74) is 0.490. The number of hydrogen-bond donors (Lipinski definition) is 1. The van der Waals surface area contributed by atoms with Gasteiger partial charge in [-0.05, 0) is 49.2 Å².